The summed E-state index contributed by atoms with van der Waals surface area (Å²) in [6, 6.07) is 8.19. The first kappa shape index (κ1) is 20.3. The maximum atomic E-state index is 13.6. The number of hydrogen-bond acceptors (Lipinski definition) is 4. The van der Waals surface area contributed by atoms with Crippen molar-refractivity contribution >= 4 is 13.4 Å². The summed E-state index contributed by atoms with van der Waals surface area (Å²) in [6.45, 7) is 10.3. The van der Waals surface area contributed by atoms with E-state index in [1.54, 1.807) is 0 Å². The van der Waals surface area contributed by atoms with Gasteiger partial charge in [-0.15, -0.1) is 0 Å². The van der Waals surface area contributed by atoms with Crippen molar-refractivity contribution in [3.05, 3.63) is 46.9 Å². The Balaban J connectivity index is 1.55. The van der Waals surface area contributed by atoms with E-state index in [-0.39, 0.29) is 0 Å². The van der Waals surface area contributed by atoms with Crippen molar-refractivity contribution in [3.8, 4) is 5.75 Å². The minimum atomic E-state index is -2.75. The molecular weight excluding hydrogens is 385 g/mol. The van der Waals surface area contributed by atoms with Crippen LogP contribution in [0, 0.1) is 13.8 Å². The maximum Gasteiger partial charge on any atom is 0.309 e. The Hall–Kier alpha value is -1.95. The van der Waals surface area contributed by atoms with Gasteiger partial charge in [-0.3, -0.25) is 9.65 Å². The molecule has 0 unspecified atom stereocenters. The Bertz CT molecular complexity index is 894. The zero-order chi connectivity index (χ0) is 20.4. The lowest BCUT2D eigenvalue weighted by molar-refractivity contribution is 0.309. The molecule has 3 heterocycles. The van der Waals surface area contributed by atoms with Crippen LogP contribution in [-0.2, 0) is 11.0 Å². The number of hydrogen-bond donors (Lipinski definition) is 1. The lowest BCUT2D eigenvalue weighted by Crippen LogP contribution is -2.16. The van der Waals surface area contributed by atoms with Crippen LogP contribution >= 0.6 is 7.59 Å². The molecule has 156 valence electrons. The average molecular weight is 415 g/mol. The highest BCUT2D eigenvalue weighted by Crippen LogP contribution is 2.59. The highest BCUT2D eigenvalue weighted by Gasteiger charge is 2.48. The molecule has 0 bridgehead atoms. The summed E-state index contributed by atoms with van der Waals surface area (Å²) in [5, 5.41) is 3.33. The molecule has 0 spiro atoms. The van der Waals surface area contributed by atoms with E-state index >= 15 is 0 Å². The van der Waals surface area contributed by atoms with Crippen molar-refractivity contribution in [2.45, 2.75) is 40.0 Å². The second kappa shape index (κ2) is 8.42. The standard InChI is InChI=1S/C21H30N5O2P/c1-4-5-14-28-19-8-6-18(7-9-19)15-20-16(2)22-17(3)23-21(20)24-29(27,25-10-11-25)26-12-13-26/h6-9H,4-5,10-15H2,1-3H3,(H,22,23,24,27). The SMILES string of the molecule is CCCCOc1ccc(Cc2c(C)nc(C)nc2NP(=O)(N2CC2)N2CC2)cc1. The summed E-state index contributed by atoms with van der Waals surface area (Å²) in [4.78, 5) is 9.19. The van der Waals surface area contributed by atoms with E-state index in [0.29, 0.717) is 18.1 Å². The van der Waals surface area contributed by atoms with E-state index in [4.69, 9.17) is 4.74 Å². The lowest BCUT2D eigenvalue weighted by Gasteiger charge is -2.23. The molecule has 8 heteroatoms. The number of ether oxygens (including phenoxy) is 1. The minimum Gasteiger partial charge on any atom is -0.494 e. The third-order valence-electron chi connectivity index (χ3n) is 5.26. The zero-order valence-electron chi connectivity index (χ0n) is 17.5. The summed E-state index contributed by atoms with van der Waals surface area (Å²) in [7, 11) is -2.75. The monoisotopic (exact) mass is 415 g/mol. The second-order valence-corrected chi connectivity index (χ2v) is 10.2. The smallest absolute Gasteiger partial charge is 0.309 e. The third kappa shape index (κ3) is 4.80. The number of benzene rings is 1. The number of rotatable bonds is 10. The Labute approximate surface area is 173 Å². The predicted octanol–water partition coefficient (Wildman–Crippen LogP) is 4.01. The molecule has 2 aromatic rings. The van der Waals surface area contributed by atoms with Gasteiger partial charge >= 0.3 is 7.59 Å². The van der Waals surface area contributed by atoms with Gasteiger partial charge in [0.2, 0.25) is 0 Å². The van der Waals surface area contributed by atoms with Crippen LogP contribution in [0.3, 0.4) is 0 Å². The van der Waals surface area contributed by atoms with Gasteiger partial charge in [0.25, 0.3) is 0 Å². The van der Waals surface area contributed by atoms with E-state index < -0.39 is 7.59 Å². The summed E-state index contributed by atoms with van der Waals surface area (Å²) >= 11 is 0. The molecule has 0 atom stereocenters. The first-order valence-electron chi connectivity index (χ1n) is 10.4. The normalized spacial score (nSPS) is 16.7. The van der Waals surface area contributed by atoms with Gasteiger partial charge < -0.3 is 4.74 Å². The van der Waals surface area contributed by atoms with Crippen molar-refractivity contribution in [2.75, 3.05) is 37.9 Å². The molecular formula is C21H30N5O2P. The van der Waals surface area contributed by atoms with Crippen LogP contribution in [0.25, 0.3) is 0 Å². The molecule has 2 saturated heterocycles. The van der Waals surface area contributed by atoms with Crippen LogP contribution in [0.2, 0.25) is 0 Å². The van der Waals surface area contributed by atoms with Crippen molar-refractivity contribution < 1.29 is 9.30 Å². The summed E-state index contributed by atoms with van der Waals surface area (Å²) in [6.07, 6.45) is 2.87. The molecule has 0 aliphatic carbocycles. The molecule has 4 rings (SSSR count). The average Bonchev–Trinajstić information content (AvgIpc) is 3.57. The zero-order valence-corrected chi connectivity index (χ0v) is 18.4. The molecule has 1 aromatic carbocycles. The Morgan fingerprint density at radius 3 is 2.31 bits per heavy atom. The second-order valence-electron chi connectivity index (χ2n) is 7.77. The fourth-order valence-electron chi connectivity index (χ4n) is 3.37. The van der Waals surface area contributed by atoms with Crippen molar-refractivity contribution in [1.29, 1.82) is 0 Å². The molecule has 0 saturated carbocycles. The van der Waals surface area contributed by atoms with Gasteiger partial charge in [0.05, 0.1) is 6.61 Å². The molecule has 2 aliphatic rings. The first-order valence-corrected chi connectivity index (χ1v) is 12.1. The Morgan fingerprint density at radius 1 is 1.07 bits per heavy atom. The van der Waals surface area contributed by atoms with Crippen molar-refractivity contribution in [2.24, 2.45) is 0 Å². The maximum absolute atomic E-state index is 13.6. The number of aromatic nitrogens is 2. The largest absolute Gasteiger partial charge is 0.494 e. The van der Waals surface area contributed by atoms with Gasteiger partial charge in [-0.1, -0.05) is 25.5 Å². The Morgan fingerprint density at radius 2 is 1.72 bits per heavy atom. The van der Waals surface area contributed by atoms with Crippen molar-refractivity contribution in [3.63, 3.8) is 0 Å². The number of anilines is 1. The van der Waals surface area contributed by atoms with E-state index in [1.165, 1.54) is 0 Å². The molecule has 29 heavy (non-hydrogen) atoms. The van der Waals surface area contributed by atoms with Crippen LogP contribution in [0.5, 0.6) is 5.75 Å². The van der Waals surface area contributed by atoms with E-state index in [1.807, 2.05) is 35.3 Å². The van der Waals surface area contributed by atoms with Crippen LogP contribution in [-0.4, -0.2) is 52.1 Å². The van der Waals surface area contributed by atoms with E-state index in [9.17, 15) is 4.57 Å². The highest BCUT2D eigenvalue weighted by atomic mass is 31.2. The molecule has 0 radical (unpaired) electrons. The fraction of sp³-hybridized carbons (Fsp3) is 0.524. The van der Waals surface area contributed by atoms with Gasteiger partial charge in [-0.05, 0) is 38.0 Å². The highest BCUT2D eigenvalue weighted by molar-refractivity contribution is 7.61. The number of aryl methyl sites for hydroxylation is 2. The number of unbranched alkanes of at least 4 members (excludes halogenated alkanes) is 1. The summed E-state index contributed by atoms with van der Waals surface area (Å²) < 4.78 is 23.4. The van der Waals surface area contributed by atoms with Gasteiger partial charge in [0.1, 0.15) is 17.4 Å². The van der Waals surface area contributed by atoms with E-state index in [0.717, 1.165) is 68.2 Å². The summed E-state index contributed by atoms with van der Waals surface area (Å²) in [5.41, 5.74) is 3.07. The Kier molecular flexibility index (Phi) is 5.91. The fourth-order valence-corrected chi connectivity index (χ4v) is 5.74. The predicted molar refractivity (Wildman–Crippen MR) is 116 cm³/mol. The van der Waals surface area contributed by atoms with Gasteiger partial charge in [-0.25, -0.2) is 19.3 Å². The van der Waals surface area contributed by atoms with Gasteiger partial charge in [0.15, 0.2) is 0 Å². The number of nitrogens with zero attached hydrogens (tertiary/aromatic N) is 4. The van der Waals surface area contributed by atoms with E-state index in [2.05, 4.69) is 34.1 Å². The number of nitrogens with one attached hydrogen (secondary N) is 1. The van der Waals surface area contributed by atoms with Crippen LogP contribution in [0.1, 0.15) is 42.4 Å². The third-order valence-corrected chi connectivity index (χ3v) is 8.10. The van der Waals surface area contributed by atoms with Gasteiger partial charge in [-0.2, -0.15) is 0 Å². The molecule has 7 nitrogen and oxygen atoms in total. The quantitative estimate of drug-likeness (QED) is 0.357. The molecule has 1 aromatic heterocycles. The lowest BCUT2D eigenvalue weighted by atomic mass is 10.0. The summed E-state index contributed by atoms with van der Waals surface area (Å²) in [5.74, 6) is 2.28. The molecule has 1 N–H and O–H groups in total. The van der Waals surface area contributed by atoms with Crippen LogP contribution in [0.4, 0.5) is 5.82 Å². The topological polar surface area (TPSA) is 70.1 Å². The first-order chi connectivity index (χ1) is 14.0. The molecule has 2 aliphatic heterocycles. The van der Waals surface area contributed by atoms with Crippen LogP contribution < -0.4 is 9.82 Å². The minimum absolute atomic E-state index is 0.684. The molecule has 0 amide bonds. The van der Waals surface area contributed by atoms with Gasteiger partial charge in [0, 0.05) is 43.9 Å². The molecule has 2 fully saturated rings. The van der Waals surface area contributed by atoms with Crippen molar-refractivity contribution in [1.82, 2.24) is 19.3 Å². The van der Waals surface area contributed by atoms with Crippen LogP contribution in [0.15, 0.2) is 24.3 Å².